The number of carbonyl (C=O) groups is 3. The van der Waals surface area contributed by atoms with E-state index in [0.717, 1.165) is 12.0 Å². The molecule has 0 radical (unpaired) electrons. The van der Waals surface area contributed by atoms with Gasteiger partial charge in [-0.05, 0) is 62.8 Å². The van der Waals surface area contributed by atoms with E-state index in [2.05, 4.69) is 30.2 Å². The molecule has 8 nitrogen and oxygen atoms in total. The molecule has 1 amide bonds. The molecule has 1 fully saturated rings. The van der Waals surface area contributed by atoms with Gasteiger partial charge in [0.25, 0.3) is 0 Å². The van der Waals surface area contributed by atoms with Gasteiger partial charge in [0.1, 0.15) is 23.3 Å². The molecule has 0 spiro atoms. The summed E-state index contributed by atoms with van der Waals surface area (Å²) in [7, 11) is 1.52. The number of phenols is 1. The first-order valence-corrected chi connectivity index (χ1v) is 14.6. The van der Waals surface area contributed by atoms with Crippen LogP contribution in [0, 0.1) is 24.2 Å². The van der Waals surface area contributed by atoms with Crippen LogP contribution in [0.2, 0.25) is 5.02 Å². The van der Waals surface area contributed by atoms with Gasteiger partial charge in [0, 0.05) is 43.1 Å². The van der Waals surface area contributed by atoms with Crippen molar-refractivity contribution in [1.82, 2.24) is 5.32 Å². The van der Waals surface area contributed by atoms with Crippen LogP contribution in [0.1, 0.15) is 83.4 Å². The molecule has 1 aromatic rings. The Labute approximate surface area is 248 Å². The van der Waals surface area contributed by atoms with Crippen molar-refractivity contribution >= 4 is 35.5 Å². The zero-order chi connectivity index (χ0) is 30.9. The molecule has 41 heavy (non-hydrogen) atoms. The standard InChI is InChI=1S/C32H45ClN2O6/c1-19(15-16-32(6)20(2)12-14-27(37)22(32)4)11-13-24-29(38)25(21(3)28(33)30(24)41-7)18-34-17-9-8-10-26(31(39)40)35-23(5)36/h11,15-16,18,20,22,26,38H,8-10,12-14,17H2,1-7H3,(H,35,36)(H,39,40)/t20-,22+,26+,32+/m1/s1. The Hall–Kier alpha value is -3.13. The number of amides is 1. The van der Waals surface area contributed by atoms with E-state index in [0.29, 0.717) is 77.8 Å². The smallest absolute Gasteiger partial charge is 0.326 e. The van der Waals surface area contributed by atoms with Gasteiger partial charge in [-0.3, -0.25) is 14.6 Å². The molecule has 226 valence electrons. The molecule has 1 saturated carbocycles. The Morgan fingerprint density at radius 3 is 2.56 bits per heavy atom. The monoisotopic (exact) mass is 588 g/mol. The molecule has 3 N–H and O–H groups in total. The van der Waals surface area contributed by atoms with Crippen LogP contribution in [-0.4, -0.2) is 53.8 Å². The van der Waals surface area contributed by atoms with Crippen molar-refractivity contribution in [2.45, 2.75) is 86.1 Å². The number of aliphatic carboxylic acids is 1. The highest BCUT2D eigenvalue weighted by Gasteiger charge is 2.41. The quantitative estimate of drug-likeness (QED) is 0.142. The molecule has 9 heteroatoms. The van der Waals surface area contributed by atoms with Crippen LogP contribution in [0.5, 0.6) is 11.5 Å². The molecular formula is C32H45ClN2O6. The van der Waals surface area contributed by atoms with Gasteiger partial charge < -0.3 is 20.3 Å². The molecule has 0 unspecified atom stereocenters. The number of carboxylic acids is 1. The van der Waals surface area contributed by atoms with Gasteiger partial charge in [-0.15, -0.1) is 0 Å². The highest BCUT2D eigenvalue weighted by Crippen LogP contribution is 2.45. The van der Waals surface area contributed by atoms with E-state index in [1.165, 1.54) is 14.0 Å². The van der Waals surface area contributed by atoms with Gasteiger partial charge in [0.05, 0.1) is 12.1 Å². The van der Waals surface area contributed by atoms with Gasteiger partial charge in [-0.2, -0.15) is 0 Å². The molecular weight excluding hydrogens is 544 g/mol. The number of phenolic OH excluding ortho intramolecular Hbond substituents is 1. The zero-order valence-corrected chi connectivity index (χ0v) is 26.1. The first kappa shape index (κ1) is 34.1. The van der Waals surface area contributed by atoms with Gasteiger partial charge in [0.2, 0.25) is 5.91 Å². The van der Waals surface area contributed by atoms with Gasteiger partial charge in [0.15, 0.2) is 0 Å². The fraction of sp³-hybridized carbons (Fsp3) is 0.562. The number of unbranched alkanes of at least 4 members (excludes halogenated alkanes) is 1. The van der Waals surface area contributed by atoms with Crippen LogP contribution >= 0.6 is 11.6 Å². The van der Waals surface area contributed by atoms with E-state index < -0.39 is 12.0 Å². The van der Waals surface area contributed by atoms with Crippen LogP contribution in [0.25, 0.3) is 0 Å². The maximum absolute atomic E-state index is 12.4. The Kier molecular flexibility index (Phi) is 12.6. The van der Waals surface area contributed by atoms with Gasteiger partial charge in [-0.25, -0.2) is 4.79 Å². The fourth-order valence-electron chi connectivity index (χ4n) is 5.25. The number of carboxylic acid groups (broad SMARTS) is 1. The first-order chi connectivity index (χ1) is 19.2. The topological polar surface area (TPSA) is 125 Å². The third-order valence-corrected chi connectivity index (χ3v) is 8.97. The molecule has 0 bridgehead atoms. The lowest BCUT2D eigenvalue weighted by Crippen LogP contribution is -2.40. The number of Topliss-reactive ketones (excluding diaryl/α,β-unsaturated/α-hetero) is 1. The number of nitrogens with zero attached hydrogens (tertiary/aromatic N) is 1. The lowest BCUT2D eigenvalue weighted by Gasteiger charge is -2.42. The highest BCUT2D eigenvalue weighted by molar-refractivity contribution is 6.33. The van der Waals surface area contributed by atoms with E-state index in [4.69, 9.17) is 16.3 Å². The predicted molar refractivity (Wildman–Crippen MR) is 163 cm³/mol. The SMILES string of the molecule is COc1c(Cl)c(C)c(C=NCCCC[C@H](NC(C)=O)C(=O)O)c(O)c1CC=C(C)C=C[C@@]1(C)[C@H](C)CCC(=O)[C@@H]1C. The second-order valence-corrected chi connectivity index (χ2v) is 11.7. The summed E-state index contributed by atoms with van der Waals surface area (Å²) in [5.41, 5.74) is 2.49. The molecule has 1 aromatic carbocycles. The number of ether oxygens (including phenoxy) is 1. The molecule has 0 heterocycles. The van der Waals surface area contributed by atoms with Crippen molar-refractivity contribution < 1.29 is 29.3 Å². The number of hydrogen-bond acceptors (Lipinski definition) is 6. The predicted octanol–water partition coefficient (Wildman–Crippen LogP) is 6.23. The van der Waals surface area contributed by atoms with Crippen LogP contribution in [0.15, 0.2) is 28.8 Å². The fourth-order valence-corrected chi connectivity index (χ4v) is 5.54. The minimum atomic E-state index is -1.06. The van der Waals surface area contributed by atoms with E-state index in [9.17, 15) is 24.6 Å². The van der Waals surface area contributed by atoms with Crippen LogP contribution in [0.3, 0.4) is 0 Å². The summed E-state index contributed by atoms with van der Waals surface area (Å²) in [5.74, 6) is -0.309. The summed E-state index contributed by atoms with van der Waals surface area (Å²) in [5, 5.41) is 23.2. The lowest BCUT2D eigenvalue weighted by atomic mass is 9.61. The van der Waals surface area contributed by atoms with Crippen LogP contribution < -0.4 is 10.1 Å². The third-order valence-electron chi connectivity index (χ3n) is 8.51. The number of ketones is 1. The van der Waals surface area contributed by atoms with E-state index in [1.807, 2.05) is 26.0 Å². The molecule has 0 aromatic heterocycles. The molecule has 1 aliphatic rings. The number of rotatable bonds is 13. The number of aromatic hydroxyl groups is 1. The molecule has 0 saturated heterocycles. The Morgan fingerprint density at radius 2 is 1.95 bits per heavy atom. The number of benzene rings is 1. The zero-order valence-electron chi connectivity index (χ0n) is 25.3. The number of methoxy groups -OCH3 is 1. The van der Waals surface area contributed by atoms with E-state index in [1.54, 1.807) is 13.1 Å². The number of carbonyl (C=O) groups excluding carboxylic acids is 2. The lowest BCUT2D eigenvalue weighted by molar-refractivity contribution is -0.141. The average Bonchev–Trinajstić information content (AvgIpc) is 2.92. The van der Waals surface area contributed by atoms with E-state index >= 15 is 0 Å². The summed E-state index contributed by atoms with van der Waals surface area (Å²) >= 11 is 6.63. The van der Waals surface area contributed by atoms with Crippen molar-refractivity contribution in [3.05, 3.63) is 45.5 Å². The summed E-state index contributed by atoms with van der Waals surface area (Å²) in [6.07, 6.45) is 11.2. The van der Waals surface area contributed by atoms with Crippen molar-refractivity contribution in [3.8, 4) is 11.5 Å². The summed E-state index contributed by atoms with van der Waals surface area (Å²) in [6, 6.07) is -0.920. The molecule has 4 atom stereocenters. The number of hydrogen-bond donors (Lipinski definition) is 3. The summed E-state index contributed by atoms with van der Waals surface area (Å²) in [6.45, 7) is 11.9. The van der Waals surface area contributed by atoms with Gasteiger partial charge in [-0.1, -0.05) is 56.2 Å². The maximum Gasteiger partial charge on any atom is 0.326 e. The minimum absolute atomic E-state index is 0.0343. The van der Waals surface area contributed by atoms with Crippen molar-refractivity contribution in [2.75, 3.05) is 13.7 Å². The van der Waals surface area contributed by atoms with Crippen molar-refractivity contribution in [1.29, 1.82) is 0 Å². The third kappa shape index (κ3) is 8.68. The Balaban J connectivity index is 2.18. The van der Waals surface area contributed by atoms with Crippen molar-refractivity contribution in [2.24, 2.45) is 22.2 Å². The van der Waals surface area contributed by atoms with Crippen LogP contribution in [-0.2, 0) is 20.8 Å². The largest absolute Gasteiger partial charge is 0.507 e. The second-order valence-electron chi connectivity index (χ2n) is 11.3. The Morgan fingerprint density at radius 1 is 1.27 bits per heavy atom. The minimum Gasteiger partial charge on any atom is -0.507 e. The van der Waals surface area contributed by atoms with Crippen molar-refractivity contribution in [3.63, 3.8) is 0 Å². The first-order valence-electron chi connectivity index (χ1n) is 14.2. The molecule has 2 rings (SSSR count). The molecule has 0 aliphatic heterocycles. The number of halogens is 1. The average molecular weight is 589 g/mol. The number of aliphatic imine (C=N–C) groups is 1. The second kappa shape index (κ2) is 15.2. The van der Waals surface area contributed by atoms with Crippen LogP contribution in [0.4, 0.5) is 0 Å². The Bertz CT molecular complexity index is 1220. The highest BCUT2D eigenvalue weighted by atomic mass is 35.5. The normalized spacial score (nSPS) is 22.3. The summed E-state index contributed by atoms with van der Waals surface area (Å²) < 4.78 is 5.56. The van der Waals surface area contributed by atoms with Gasteiger partial charge >= 0.3 is 5.97 Å². The number of nitrogens with one attached hydrogen (secondary N) is 1. The molecule has 1 aliphatic carbocycles. The maximum atomic E-state index is 12.4. The summed E-state index contributed by atoms with van der Waals surface area (Å²) in [4.78, 5) is 39.3. The number of allylic oxidation sites excluding steroid dienone is 4. The van der Waals surface area contributed by atoms with E-state index in [-0.39, 0.29) is 23.0 Å².